The molecule has 0 spiro atoms. The van der Waals surface area contributed by atoms with Crippen LogP contribution in [0.25, 0.3) is 21.9 Å². The van der Waals surface area contributed by atoms with Crippen LogP contribution in [0.1, 0.15) is 24.3 Å². The molecular formula is C24H30N2O6. The molecule has 1 saturated heterocycles. The molecule has 1 atom stereocenters. The number of piperidine rings is 1. The molecule has 1 aliphatic heterocycles. The maximum absolute atomic E-state index is 10.4. The highest BCUT2D eigenvalue weighted by atomic mass is 16.5. The number of ether oxygens (including phenoxy) is 1. The molecule has 2 aromatic carbocycles. The van der Waals surface area contributed by atoms with Gasteiger partial charge in [-0.3, -0.25) is 4.79 Å². The maximum Gasteiger partial charge on any atom is 0.290 e. The number of β-amino-alcohol motifs (C(OH)–C–C–N with tert-alkyl or cyclic N) is 1. The minimum absolute atomic E-state index is 0.208. The van der Waals surface area contributed by atoms with Crippen molar-refractivity contribution in [3.8, 4) is 16.9 Å². The van der Waals surface area contributed by atoms with Crippen LogP contribution in [0.5, 0.6) is 5.75 Å². The van der Waals surface area contributed by atoms with Gasteiger partial charge in [0.1, 0.15) is 24.2 Å². The Kier molecular flexibility index (Phi) is 8.21. The number of carbonyl (C=O) groups is 1. The van der Waals surface area contributed by atoms with Gasteiger partial charge in [-0.1, -0.05) is 29.4 Å². The Balaban J connectivity index is 0.000000913. The topological polar surface area (TPSA) is 116 Å². The van der Waals surface area contributed by atoms with Crippen molar-refractivity contribution in [3.05, 3.63) is 47.9 Å². The van der Waals surface area contributed by atoms with Crippen LogP contribution in [-0.4, -0.2) is 70.3 Å². The highest BCUT2D eigenvalue weighted by Gasteiger charge is 2.20. The SMILES string of the molecule is Cc1noc(C)c1-c1cc(OCC(O)CN2CCC(O)CC2)cc2ccccc12.O=CO. The Bertz CT molecular complexity index is 1010. The van der Waals surface area contributed by atoms with Gasteiger partial charge in [-0.25, -0.2) is 0 Å². The van der Waals surface area contributed by atoms with Crippen LogP contribution in [0, 0.1) is 13.8 Å². The first-order valence-electron chi connectivity index (χ1n) is 10.7. The van der Waals surface area contributed by atoms with E-state index in [1.54, 1.807) is 0 Å². The van der Waals surface area contributed by atoms with Crippen molar-refractivity contribution in [1.29, 1.82) is 0 Å². The lowest BCUT2D eigenvalue weighted by Gasteiger charge is -2.30. The number of carboxylic acid groups (broad SMARTS) is 1. The monoisotopic (exact) mass is 442 g/mol. The number of aromatic nitrogens is 1. The maximum atomic E-state index is 10.4. The normalized spacial score (nSPS) is 15.8. The summed E-state index contributed by atoms with van der Waals surface area (Å²) in [6.45, 7) is 5.99. The van der Waals surface area contributed by atoms with E-state index in [4.69, 9.17) is 19.2 Å². The molecule has 4 rings (SSSR count). The van der Waals surface area contributed by atoms with E-state index in [2.05, 4.69) is 22.2 Å². The molecule has 8 nitrogen and oxygen atoms in total. The first-order chi connectivity index (χ1) is 15.4. The Morgan fingerprint density at radius 2 is 1.94 bits per heavy atom. The van der Waals surface area contributed by atoms with Crippen molar-refractivity contribution in [2.75, 3.05) is 26.2 Å². The number of aryl methyl sites for hydroxylation is 2. The predicted molar refractivity (Wildman–Crippen MR) is 121 cm³/mol. The van der Waals surface area contributed by atoms with E-state index in [1.165, 1.54) is 0 Å². The van der Waals surface area contributed by atoms with E-state index in [0.29, 0.717) is 12.3 Å². The molecule has 2 heterocycles. The van der Waals surface area contributed by atoms with E-state index < -0.39 is 6.10 Å². The van der Waals surface area contributed by atoms with Crippen LogP contribution in [0.3, 0.4) is 0 Å². The quantitative estimate of drug-likeness (QED) is 0.499. The zero-order chi connectivity index (χ0) is 23.1. The summed E-state index contributed by atoms with van der Waals surface area (Å²) < 4.78 is 11.4. The van der Waals surface area contributed by atoms with Crippen LogP contribution in [0.4, 0.5) is 0 Å². The van der Waals surface area contributed by atoms with Gasteiger partial charge in [-0.15, -0.1) is 0 Å². The van der Waals surface area contributed by atoms with Crippen molar-refractivity contribution in [1.82, 2.24) is 10.1 Å². The number of nitrogens with zero attached hydrogens (tertiary/aromatic N) is 2. The van der Waals surface area contributed by atoms with Crippen molar-refractivity contribution in [3.63, 3.8) is 0 Å². The molecule has 0 bridgehead atoms. The van der Waals surface area contributed by atoms with Gasteiger partial charge in [0, 0.05) is 25.2 Å². The Labute approximate surface area is 187 Å². The largest absolute Gasteiger partial charge is 0.491 e. The molecule has 1 aromatic heterocycles. The fourth-order valence-corrected chi connectivity index (χ4v) is 4.09. The second-order valence-corrected chi connectivity index (χ2v) is 7.99. The molecule has 1 unspecified atom stereocenters. The smallest absolute Gasteiger partial charge is 0.290 e. The van der Waals surface area contributed by atoms with Gasteiger partial charge in [0.15, 0.2) is 0 Å². The molecule has 3 aromatic rings. The standard InChI is InChI=1S/C23H28N2O4.CH2O2/c1-15-23(16(2)29-24-15)22-12-20(11-17-5-3-4-6-21(17)22)28-14-19(27)13-25-9-7-18(26)8-10-25;2-1-3/h3-6,11-12,18-19,26-27H,7-10,13-14H2,1-2H3;1H,(H,2,3). The molecule has 3 N–H and O–H groups in total. The molecule has 0 amide bonds. The third-order valence-corrected chi connectivity index (χ3v) is 5.61. The second-order valence-electron chi connectivity index (χ2n) is 7.99. The molecular weight excluding hydrogens is 412 g/mol. The van der Waals surface area contributed by atoms with Gasteiger partial charge in [-0.05, 0) is 55.2 Å². The van der Waals surface area contributed by atoms with Crippen LogP contribution in [-0.2, 0) is 4.79 Å². The van der Waals surface area contributed by atoms with Crippen molar-refractivity contribution in [2.24, 2.45) is 0 Å². The van der Waals surface area contributed by atoms with Crippen molar-refractivity contribution < 1.29 is 29.4 Å². The number of aliphatic hydroxyl groups is 2. The average molecular weight is 443 g/mol. The number of hydrogen-bond donors (Lipinski definition) is 3. The molecule has 1 fully saturated rings. The Hall–Kier alpha value is -2.94. The van der Waals surface area contributed by atoms with E-state index in [0.717, 1.165) is 59.3 Å². The minimum atomic E-state index is -0.584. The van der Waals surface area contributed by atoms with Gasteiger partial charge in [0.25, 0.3) is 6.47 Å². The highest BCUT2D eigenvalue weighted by Crippen LogP contribution is 2.36. The fourth-order valence-electron chi connectivity index (χ4n) is 4.09. The summed E-state index contributed by atoms with van der Waals surface area (Å²) in [5.41, 5.74) is 2.85. The second kappa shape index (κ2) is 11.1. The van der Waals surface area contributed by atoms with Gasteiger partial charge < -0.3 is 29.5 Å². The average Bonchev–Trinajstić information content (AvgIpc) is 3.12. The number of benzene rings is 2. The molecule has 0 aliphatic carbocycles. The van der Waals surface area contributed by atoms with Gasteiger partial charge in [0.05, 0.1) is 11.8 Å². The zero-order valence-corrected chi connectivity index (χ0v) is 18.4. The van der Waals surface area contributed by atoms with Gasteiger partial charge in [0.2, 0.25) is 0 Å². The number of fused-ring (bicyclic) bond motifs is 1. The number of hydrogen-bond acceptors (Lipinski definition) is 7. The lowest BCUT2D eigenvalue weighted by molar-refractivity contribution is -0.122. The summed E-state index contributed by atoms with van der Waals surface area (Å²) in [5, 5.41) is 33.2. The van der Waals surface area contributed by atoms with Crippen LogP contribution >= 0.6 is 0 Å². The van der Waals surface area contributed by atoms with Crippen molar-refractivity contribution in [2.45, 2.75) is 38.9 Å². The third-order valence-electron chi connectivity index (χ3n) is 5.61. The van der Waals surface area contributed by atoms with E-state index in [1.807, 2.05) is 38.1 Å². The highest BCUT2D eigenvalue weighted by molar-refractivity contribution is 5.98. The lowest BCUT2D eigenvalue weighted by atomic mass is 9.97. The Morgan fingerprint density at radius 1 is 1.25 bits per heavy atom. The summed E-state index contributed by atoms with van der Waals surface area (Å²) in [7, 11) is 0. The number of likely N-dealkylation sites (tertiary alicyclic amines) is 1. The van der Waals surface area contributed by atoms with Crippen molar-refractivity contribution >= 4 is 17.2 Å². The van der Waals surface area contributed by atoms with Crippen LogP contribution in [0.2, 0.25) is 0 Å². The molecule has 1 aliphatic rings. The first-order valence-corrected chi connectivity index (χ1v) is 10.7. The summed E-state index contributed by atoms with van der Waals surface area (Å²) in [6.07, 6.45) is 0.733. The van der Waals surface area contributed by atoms with Gasteiger partial charge in [-0.2, -0.15) is 0 Å². The summed E-state index contributed by atoms with van der Waals surface area (Å²) in [4.78, 5) is 10.5. The van der Waals surface area contributed by atoms with E-state index in [9.17, 15) is 10.2 Å². The summed E-state index contributed by atoms with van der Waals surface area (Å²) in [5.74, 6) is 1.49. The Morgan fingerprint density at radius 3 is 2.59 bits per heavy atom. The molecule has 32 heavy (non-hydrogen) atoms. The minimum Gasteiger partial charge on any atom is -0.491 e. The number of aliphatic hydroxyl groups excluding tert-OH is 2. The zero-order valence-electron chi connectivity index (χ0n) is 18.4. The molecule has 172 valence electrons. The number of rotatable bonds is 6. The summed E-state index contributed by atoms with van der Waals surface area (Å²) >= 11 is 0. The van der Waals surface area contributed by atoms with Gasteiger partial charge >= 0.3 is 0 Å². The first kappa shape index (κ1) is 23.7. The predicted octanol–water partition coefficient (Wildman–Crippen LogP) is 3.01. The third kappa shape index (κ3) is 5.85. The van der Waals surface area contributed by atoms with E-state index >= 15 is 0 Å². The molecule has 8 heteroatoms. The molecule has 0 radical (unpaired) electrons. The summed E-state index contributed by atoms with van der Waals surface area (Å²) in [6, 6.07) is 12.2. The fraction of sp³-hybridized carbons (Fsp3) is 0.417. The van der Waals surface area contributed by atoms with Crippen LogP contribution in [0.15, 0.2) is 40.9 Å². The lowest BCUT2D eigenvalue weighted by Crippen LogP contribution is -2.41. The molecule has 0 saturated carbocycles. The van der Waals surface area contributed by atoms with Crippen LogP contribution < -0.4 is 4.74 Å². The van der Waals surface area contributed by atoms with E-state index in [-0.39, 0.29) is 19.2 Å².